The Kier molecular flexibility index (Phi) is 4.80. The number of fused-ring (bicyclic) bond motifs is 2. The van der Waals surface area contributed by atoms with Gasteiger partial charge in [-0.3, -0.25) is 0 Å². The summed E-state index contributed by atoms with van der Waals surface area (Å²) in [6.45, 7) is 0. The van der Waals surface area contributed by atoms with Crippen molar-refractivity contribution in [2.45, 2.75) is 67.7 Å². The lowest BCUT2D eigenvalue weighted by Gasteiger charge is -2.35. The number of carbonyl (C=O) groups is 1. The number of nitrogens with one attached hydrogen (secondary N) is 2. The summed E-state index contributed by atoms with van der Waals surface area (Å²) < 4.78 is 27.2. The van der Waals surface area contributed by atoms with Gasteiger partial charge in [0.2, 0.25) is 4.34 Å². The van der Waals surface area contributed by atoms with Crippen molar-refractivity contribution in [3.8, 4) is 6.07 Å². The van der Waals surface area contributed by atoms with Crippen molar-refractivity contribution in [3.63, 3.8) is 0 Å². The molecule has 0 radical (unpaired) electrons. The number of urea groups is 1. The first-order chi connectivity index (χ1) is 14.8. The largest absolute Gasteiger partial charge is 0.384 e. The van der Waals surface area contributed by atoms with Crippen LogP contribution in [0.3, 0.4) is 0 Å². The molecule has 3 N–H and O–H groups in total. The average Bonchev–Trinajstić information content (AvgIpc) is 3.45. The zero-order chi connectivity index (χ0) is 21.8. The van der Waals surface area contributed by atoms with E-state index >= 15 is 0 Å². The first kappa shape index (κ1) is 20.4. The normalized spacial score (nSPS) is 18.6. The molecule has 10 heteroatoms. The Labute approximate surface area is 184 Å². The van der Waals surface area contributed by atoms with Crippen molar-refractivity contribution in [1.29, 1.82) is 5.26 Å². The quantitative estimate of drug-likeness (QED) is 0.645. The van der Waals surface area contributed by atoms with Gasteiger partial charge in [-0.25, -0.2) is 14.5 Å². The molecule has 2 aromatic rings. The minimum Gasteiger partial charge on any atom is -0.384 e. The smallest absolute Gasteiger partial charge is 0.333 e. The number of nitrogens with zero attached hydrogens (tertiary/aromatic N) is 2. The molecular formula is C21H22N4O4S2. The van der Waals surface area contributed by atoms with Crippen LogP contribution in [0.4, 0.5) is 10.5 Å². The maximum atomic E-state index is 12.7. The highest BCUT2D eigenvalue weighted by Crippen LogP contribution is 2.44. The first-order valence-electron chi connectivity index (χ1n) is 10.4. The number of nitriles is 1. The molecule has 0 atom stereocenters. The van der Waals surface area contributed by atoms with E-state index in [0.29, 0.717) is 23.4 Å². The van der Waals surface area contributed by atoms with Crippen LogP contribution < -0.4 is 10.0 Å². The van der Waals surface area contributed by atoms with Gasteiger partial charge in [-0.1, -0.05) is 0 Å². The van der Waals surface area contributed by atoms with Crippen molar-refractivity contribution < 1.29 is 18.3 Å². The molecular weight excluding hydrogens is 436 g/mol. The fourth-order valence-corrected chi connectivity index (χ4v) is 7.10. The number of rotatable bonds is 4. The molecule has 1 heterocycles. The lowest BCUT2D eigenvalue weighted by atomic mass is 9.79. The van der Waals surface area contributed by atoms with E-state index < -0.39 is 21.7 Å². The standard InChI is InChI=1S/C21H22N4O4S2/c22-10-16-12-4-1-6-14(12)18(15-7-2-5-13(15)16)24-19(26)25-31(28,29)20-23-11-17(30-20)21(27)8-3-9-21/h11,27H,1-9H2,(H2,24,25,26). The molecule has 1 saturated carbocycles. The molecule has 1 aromatic carbocycles. The summed E-state index contributed by atoms with van der Waals surface area (Å²) >= 11 is 0.888. The SMILES string of the molecule is N#Cc1c2c(c(NC(=O)NS(=O)(=O)c3ncc(C4(O)CCC4)s3)c3c1CCC3)CCC2. The molecule has 3 aliphatic rings. The van der Waals surface area contributed by atoms with Crippen LogP contribution in [-0.4, -0.2) is 24.5 Å². The molecule has 0 saturated heterocycles. The van der Waals surface area contributed by atoms with Gasteiger partial charge in [0.05, 0.1) is 16.5 Å². The summed E-state index contributed by atoms with van der Waals surface area (Å²) in [6.07, 6.45) is 8.35. The monoisotopic (exact) mass is 458 g/mol. The van der Waals surface area contributed by atoms with Crippen LogP contribution in [0.25, 0.3) is 0 Å². The predicted octanol–water partition coefficient (Wildman–Crippen LogP) is 2.87. The van der Waals surface area contributed by atoms with Gasteiger partial charge in [0.1, 0.15) is 5.60 Å². The number of hydrogen-bond donors (Lipinski definition) is 3. The molecule has 0 spiro atoms. The minimum atomic E-state index is -4.16. The fraction of sp³-hybridized carbons (Fsp3) is 0.476. The molecule has 31 heavy (non-hydrogen) atoms. The Morgan fingerprint density at radius 1 is 1.10 bits per heavy atom. The van der Waals surface area contributed by atoms with E-state index in [9.17, 15) is 23.6 Å². The van der Waals surface area contributed by atoms with Crippen molar-refractivity contribution >= 4 is 33.1 Å². The maximum absolute atomic E-state index is 12.7. The molecule has 0 unspecified atom stereocenters. The van der Waals surface area contributed by atoms with Crippen LogP contribution in [-0.2, 0) is 41.3 Å². The fourth-order valence-electron chi connectivity index (χ4n) is 4.90. The summed E-state index contributed by atoms with van der Waals surface area (Å²) in [6, 6.07) is 1.50. The number of amides is 2. The summed E-state index contributed by atoms with van der Waals surface area (Å²) in [5.74, 6) is 0. The zero-order valence-electron chi connectivity index (χ0n) is 16.8. The van der Waals surface area contributed by atoms with Gasteiger partial charge in [-0.2, -0.15) is 13.7 Å². The summed E-state index contributed by atoms with van der Waals surface area (Å²) in [5.41, 5.74) is 4.27. The third kappa shape index (κ3) is 3.32. The number of carbonyl (C=O) groups excluding carboxylic acids is 1. The van der Waals surface area contributed by atoms with Gasteiger partial charge in [0, 0.05) is 11.9 Å². The van der Waals surface area contributed by atoms with E-state index in [1.807, 2.05) is 0 Å². The maximum Gasteiger partial charge on any atom is 0.333 e. The Hall–Kier alpha value is -2.48. The van der Waals surface area contributed by atoms with E-state index in [4.69, 9.17) is 0 Å². The van der Waals surface area contributed by atoms with Crippen LogP contribution in [0.2, 0.25) is 0 Å². The van der Waals surface area contributed by atoms with Crippen molar-refractivity contribution in [2.24, 2.45) is 0 Å². The van der Waals surface area contributed by atoms with Gasteiger partial charge < -0.3 is 10.4 Å². The number of benzene rings is 1. The Balaban J connectivity index is 1.40. The molecule has 8 nitrogen and oxygen atoms in total. The third-order valence-corrected chi connectivity index (χ3v) is 9.49. The summed E-state index contributed by atoms with van der Waals surface area (Å²) in [5, 5.41) is 22.8. The second-order valence-electron chi connectivity index (χ2n) is 8.42. The molecule has 2 amide bonds. The van der Waals surface area contributed by atoms with Crippen LogP contribution in [0.5, 0.6) is 0 Å². The lowest BCUT2D eigenvalue weighted by molar-refractivity contribution is -0.0356. The van der Waals surface area contributed by atoms with E-state index in [2.05, 4.69) is 21.1 Å². The van der Waals surface area contributed by atoms with Crippen LogP contribution in [0.1, 0.15) is 64.8 Å². The highest BCUT2D eigenvalue weighted by atomic mass is 32.2. The number of aromatic nitrogens is 1. The van der Waals surface area contributed by atoms with Crippen molar-refractivity contribution in [3.05, 3.63) is 38.9 Å². The highest BCUT2D eigenvalue weighted by molar-refractivity contribution is 7.92. The third-order valence-electron chi connectivity index (χ3n) is 6.57. The molecule has 0 bridgehead atoms. The van der Waals surface area contributed by atoms with Crippen molar-refractivity contribution in [2.75, 3.05) is 5.32 Å². The van der Waals surface area contributed by atoms with Crippen molar-refractivity contribution in [1.82, 2.24) is 9.71 Å². The predicted molar refractivity (Wildman–Crippen MR) is 114 cm³/mol. The number of aliphatic hydroxyl groups is 1. The van der Waals surface area contributed by atoms with E-state index in [1.165, 1.54) is 6.20 Å². The van der Waals surface area contributed by atoms with Gasteiger partial charge >= 0.3 is 6.03 Å². The van der Waals surface area contributed by atoms with Gasteiger partial charge in [-0.05, 0) is 80.0 Å². The Morgan fingerprint density at radius 2 is 1.71 bits per heavy atom. The van der Waals surface area contributed by atoms with E-state index in [1.54, 1.807) is 0 Å². The Morgan fingerprint density at radius 3 is 2.26 bits per heavy atom. The Bertz CT molecular complexity index is 1200. The second-order valence-corrected chi connectivity index (χ2v) is 11.3. The molecule has 162 valence electrons. The average molecular weight is 459 g/mol. The minimum absolute atomic E-state index is 0.242. The van der Waals surface area contributed by atoms with Crippen LogP contribution in [0, 0.1) is 11.3 Å². The van der Waals surface area contributed by atoms with Crippen LogP contribution >= 0.6 is 11.3 Å². The zero-order valence-corrected chi connectivity index (χ0v) is 18.5. The van der Waals surface area contributed by atoms with Gasteiger partial charge in [-0.15, -0.1) is 11.3 Å². The number of sulfonamides is 1. The van der Waals surface area contributed by atoms with E-state index in [0.717, 1.165) is 84.1 Å². The summed E-state index contributed by atoms with van der Waals surface area (Å²) in [4.78, 5) is 17.1. The molecule has 5 rings (SSSR count). The molecule has 3 aliphatic carbocycles. The first-order valence-corrected chi connectivity index (χ1v) is 12.7. The molecule has 1 fully saturated rings. The number of anilines is 1. The highest BCUT2D eigenvalue weighted by Gasteiger charge is 2.39. The van der Waals surface area contributed by atoms with Gasteiger partial charge in [0.25, 0.3) is 10.0 Å². The number of thiazole rings is 1. The van der Waals surface area contributed by atoms with E-state index in [-0.39, 0.29) is 4.34 Å². The topological polar surface area (TPSA) is 132 Å². The molecule has 0 aliphatic heterocycles. The lowest BCUT2D eigenvalue weighted by Crippen LogP contribution is -2.35. The second kappa shape index (κ2) is 7.29. The number of hydrogen-bond acceptors (Lipinski definition) is 7. The van der Waals surface area contributed by atoms with Crippen LogP contribution in [0.15, 0.2) is 10.5 Å². The molecule has 1 aromatic heterocycles. The summed E-state index contributed by atoms with van der Waals surface area (Å²) in [7, 11) is -4.16. The van der Waals surface area contributed by atoms with Gasteiger partial charge in [0.15, 0.2) is 0 Å².